The Kier molecular flexibility index (Phi) is 5.70. The molecule has 7 nitrogen and oxygen atoms in total. The van der Waals surface area contributed by atoms with Crippen molar-refractivity contribution < 1.29 is 28.9 Å². The summed E-state index contributed by atoms with van der Waals surface area (Å²) in [5, 5.41) is 20.3. The molecule has 3 aromatic rings. The van der Waals surface area contributed by atoms with Gasteiger partial charge in [-0.2, -0.15) is 0 Å². The van der Waals surface area contributed by atoms with Crippen LogP contribution in [-0.4, -0.2) is 34.0 Å². The molecule has 1 fully saturated rings. The van der Waals surface area contributed by atoms with Gasteiger partial charge >= 0.3 is 5.91 Å². The summed E-state index contributed by atoms with van der Waals surface area (Å²) < 4.78 is 18.7. The molecule has 0 aliphatic carbocycles. The van der Waals surface area contributed by atoms with E-state index < -0.39 is 23.5 Å². The van der Waals surface area contributed by atoms with Crippen LogP contribution >= 0.6 is 0 Å². The van der Waals surface area contributed by atoms with E-state index in [9.17, 15) is 24.2 Å². The molecule has 1 amide bonds. The third kappa shape index (κ3) is 3.72. The maximum Gasteiger partial charge on any atom is 0.301 e. The van der Waals surface area contributed by atoms with Crippen LogP contribution in [0.3, 0.4) is 0 Å². The minimum Gasteiger partial charge on any atom is -0.507 e. The zero-order chi connectivity index (χ0) is 22.8. The summed E-state index contributed by atoms with van der Waals surface area (Å²) in [5.74, 6) is -1.89. The first-order valence-electron chi connectivity index (χ1n) is 9.71. The van der Waals surface area contributed by atoms with Crippen molar-refractivity contribution in [3.05, 3.63) is 94.9 Å². The van der Waals surface area contributed by atoms with Gasteiger partial charge in [-0.15, -0.1) is 0 Å². The van der Waals surface area contributed by atoms with Crippen molar-refractivity contribution in [2.24, 2.45) is 0 Å². The summed E-state index contributed by atoms with van der Waals surface area (Å²) in [4.78, 5) is 31.4. The van der Waals surface area contributed by atoms with Crippen LogP contribution in [0.1, 0.15) is 22.7 Å². The van der Waals surface area contributed by atoms with Gasteiger partial charge in [-0.25, -0.2) is 9.37 Å². The second-order valence-electron chi connectivity index (χ2n) is 7.13. The van der Waals surface area contributed by atoms with Crippen molar-refractivity contribution in [3.63, 3.8) is 0 Å². The Morgan fingerprint density at radius 3 is 2.31 bits per heavy atom. The topological polar surface area (TPSA) is 100.0 Å². The number of methoxy groups -OCH3 is 1. The quantitative estimate of drug-likeness (QED) is 0.363. The monoisotopic (exact) mass is 434 g/mol. The lowest BCUT2D eigenvalue weighted by atomic mass is 9.95. The Bertz CT molecular complexity index is 1190. The number of rotatable bonds is 5. The molecule has 1 unspecified atom stereocenters. The number of hydrogen-bond acceptors (Lipinski definition) is 6. The molecule has 2 aromatic carbocycles. The molecule has 2 N–H and O–H groups in total. The molecular weight excluding hydrogens is 415 g/mol. The highest BCUT2D eigenvalue weighted by Crippen LogP contribution is 2.41. The Morgan fingerprint density at radius 1 is 1.06 bits per heavy atom. The van der Waals surface area contributed by atoms with Gasteiger partial charge in [0, 0.05) is 11.8 Å². The van der Waals surface area contributed by atoms with Crippen LogP contribution in [0.4, 0.5) is 10.2 Å². The molecule has 0 spiro atoms. The molecule has 1 saturated heterocycles. The van der Waals surface area contributed by atoms with Gasteiger partial charge in [0.15, 0.2) is 0 Å². The van der Waals surface area contributed by atoms with Gasteiger partial charge in [0.25, 0.3) is 5.78 Å². The number of Topliss-reactive ketones (excluding diaryl/α,β-unsaturated/α-hetero) is 1. The second-order valence-corrected chi connectivity index (χ2v) is 7.13. The van der Waals surface area contributed by atoms with E-state index in [1.54, 1.807) is 30.3 Å². The SMILES string of the molecule is COc1ccc(C(O)=C2C(=O)C(=O)N(c3ccc(CO)cn3)C2c2ccc(F)cc2)cc1. The van der Waals surface area contributed by atoms with Crippen LogP contribution in [0.15, 0.2) is 72.4 Å². The van der Waals surface area contributed by atoms with Crippen molar-refractivity contribution >= 4 is 23.3 Å². The van der Waals surface area contributed by atoms with Crippen molar-refractivity contribution in [1.29, 1.82) is 0 Å². The number of aromatic nitrogens is 1. The number of nitrogens with zero attached hydrogens (tertiary/aromatic N) is 2. The van der Waals surface area contributed by atoms with E-state index in [0.29, 0.717) is 22.4 Å². The molecule has 8 heteroatoms. The van der Waals surface area contributed by atoms with Crippen LogP contribution in [0.25, 0.3) is 5.76 Å². The summed E-state index contributed by atoms with van der Waals surface area (Å²) >= 11 is 0. The lowest BCUT2D eigenvalue weighted by molar-refractivity contribution is -0.132. The molecule has 0 radical (unpaired) electrons. The van der Waals surface area contributed by atoms with Gasteiger partial charge in [-0.3, -0.25) is 14.5 Å². The Morgan fingerprint density at radius 2 is 1.75 bits per heavy atom. The smallest absolute Gasteiger partial charge is 0.301 e. The first-order chi connectivity index (χ1) is 15.4. The summed E-state index contributed by atoms with van der Waals surface area (Å²) in [7, 11) is 1.50. The number of carbonyl (C=O) groups excluding carboxylic acids is 2. The number of anilines is 1. The van der Waals surface area contributed by atoms with E-state index in [-0.39, 0.29) is 23.8 Å². The summed E-state index contributed by atoms with van der Waals surface area (Å²) in [6.07, 6.45) is 1.39. The minimum absolute atomic E-state index is 0.139. The van der Waals surface area contributed by atoms with Crippen LogP contribution in [0, 0.1) is 5.82 Å². The molecule has 2 heterocycles. The van der Waals surface area contributed by atoms with Gasteiger partial charge in [-0.1, -0.05) is 18.2 Å². The van der Waals surface area contributed by atoms with Gasteiger partial charge in [-0.05, 0) is 53.6 Å². The summed E-state index contributed by atoms with van der Waals surface area (Å²) in [6, 6.07) is 13.7. The van der Waals surface area contributed by atoms with Crippen molar-refractivity contribution in [2.45, 2.75) is 12.6 Å². The fourth-order valence-corrected chi connectivity index (χ4v) is 3.59. The number of aliphatic hydroxyl groups is 2. The highest BCUT2D eigenvalue weighted by Gasteiger charge is 2.47. The zero-order valence-corrected chi connectivity index (χ0v) is 17.0. The third-order valence-electron chi connectivity index (χ3n) is 5.23. The number of halogens is 1. The third-order valence-corrected chi connectivity index (χ3v) is 5.23. The molecule has 1 atom stereocenters. The van der Waals surface area contributed by atoms with Crippen LogP contribution in [0.5, 0.6) is 5.75 Å². The average molecular weight is 434 g/mol. The lowest BCUT2D eigenvalue weighted by Crippen LogP contribution is -2.30. The number of benzene rings is 2. The number of hydrogen-bond donors (Lipinski definition) is 2. The molecule has 0 saturated carbocycles. The minimum atomic E-state index is -1.02. The first-order valence-corrected chi connectivity index (χ1v) is 9.71. The Labute approximate surface area is 183 Å². The van der Waals surface area contributed by atoms with Crippen molar-refractivity contribution in [1.82, 2.24) is 4.98 Å². The van der Waals surface area contributed by atoms with Gasteiger partial charge in [0.2, 0.25) is 0 Å². The van der Waals surface area contributed by atoms with Gasteiger partial charge in [0.05, 0.1) is 25.3 Å². The fourth-order valence-electron chi connectivity index (χ4n) is 3.59. The van der Waals surface area contributed by atoms with Crippen molar-refractivity contribution in [2.75, 3.05) is 12.0 Å². The van der Waals surface area contributed by atoms with E-state index in [1.165, 1.54) is 43.6 Å². The maximum atomic E-state index is 13.6. The standard InChI is InChI=1S/C24H19FN2O5/c1-32-18-9-5-16(6-10-18)22(29)20-21(15-3-7-17(25)8-4-15)27(24(31)23(20)30)19-11-2-14(13-28)12-26-19/h2-12,21,28-29H,13H2,1H3. The first kappa shape index (κ1) is 21.2. The van der Waals surface area contributed by atoms with Crippen LogP contribution < -0.4 is 9.64 Å². The van der Waals surface area contributed by atoms with Crippen LogP contribution in [0.2, 0.25) is 0 Å². The highest BCUT2D eigenvalue weighted by atomic mass is 19.1. The van der Waals surface area contributed by atoms with E-state index in [0.717, 1.165) is 4.90 Å². The largest absolute Gasteiger partial charge is 0.507 e. The predicted molar refractivity (Wildman–Crippen MR) is 114 cm³/mol. The number of aliphatic hydroxyl groups excluding tert-OH is 2. The van der Waals surface area contributed by atoms with Gasteiger partial charge < -0.3 is 14.9 Å². The van der Waals surface area contributed by atoms with E-state index in [4.69, 9.17) is 4.74 Å². The van der Waals surface area contributed by atoms with E-state index in [2.05, 4.69) is 4.98 Å². The average Bonchev–Trinajstić information content (AvgIpc) is 3.09. The van der Waals surface area contributed by atoms with E-state index >= 15 is 0 Å². The molecule has 32 heavy (non-hydrogen) atoms. The number of carbonyl (C=O) groups is 2. The number of amides is 1. The summed E-state index contributed by atoms with van der Waals surface area (Å²) in [6.45, 7) is -0.231. The molecule has 162 valence electrons. The molecule has 4 rings (SSSR count). The molecule has 0 bridgehead atoms. The Balaban J connectivity index is 1.89. The number of ketones is 1. The molecule has 1 aromatic heterocycles. The van der Waals surface area contributed by atoms with Gasteiger partial charge in [0.1, 0.15) is 23.1 Å². The lowest BCUT2D eigenvalue weighted by Gasteiger charge is -2.24. The summed E-state index contributed by atoms with van der Waals surface area (Å²) in [5.41, 5.74) is 1.13. The Hall–Kier alpha value is -4.04. The number of pyridine rings is 1. The normalized spacial score (nSPS) is 17.6. The van der Waals surface area contributed by atoms with Crippen molar-refractivity contribution in [3.8, 4) is 5.75 Å². The van der Waals surface area contributed by atoms with Crippen LogP contribution in [-0.2, 0) is 16.2 Å². The fraction of sp³-hybridized carbons (Fsp3) is 0.125. The molecular formula is C24H19FN2O5. The maximum absolute atomic E-state index is 13.6. The predicted octanol–water partition coefficient (Wildman–Crippen LogP) is 3.35. The molecule has 1 aliphatic rings. The molecule has 1 aliphatic heterocycles. The highest BCUT2D eigenvalue weighted by molar-refractivity contribution is 6.51. The van der Waals surface area contributed by atoms with E-state index in [1.807, 2.05) is 0 Å². The zero-order valence-electron chi connectivity index (χ0n) is 17.0. The second kappa shape index (κ2) is 8.60. The number of ether oxygens (including phenoxy) is 1.